The quantitative estimate of drug-likeness (QED) is 0.531. The molecule has 0 fully saturated rings. The molecule has 1 N–H and O–H groups in total. The molecule has 0 bridgehead atoms. The molecule has 0 unspecified atom stereocenters. The van der Waals surface area contributed by atoms with E-state index in [1.807, 2.05) is 25.1 Å². The highest BCUT2D eigenvalue weighted by Crippen LogP contribution is 2.24. The SMILES string of the molecule is CCc1ccc(CNC(=O)c2cnn(-c3ncccc3-c3nc(C)no3)c2C)cc1. The van der Waals surface area contributed by atoms with E-state index in [1.165, 1.54) is 5.56 Å². The fourth-order valence-electron chi connectivity index (χ4n) is 3.16. The third-order valence-electron chi connectivity index (χ3n) is 4.88. The van der Waals surface area contributed by atoms with Crippen LogP contribution < -0.4 is 5.32 Å². The van der Waals surface area contributed by atoms with E-state index in [1.54, 1.807) is 30.1 Å². The van der Waals surface area contributed by atoms with Crippen molar-refractivity contribution in [1.82, 2.24) is 30.2 Å². The third-order valence-corrected chi connectivity index (χ3v) is 4.88. The van der Waals surface area contributed by atoms with E-state index in [2.05, 4.69) is 44.6 Å². The average molecular weight is 402 g/mol. The maximum atomic E-state index is 12.7. The van der Waals surface area contributed by atoms with Crippen molar-refractivity contribution >= 4 is 5.91 Å². The Morgan fingerprint density at radius 3 is 2.60 bits per heavy atom. The Hall–Kier alpha value is -3.81. The second-order valence-corrected chi connectivity index (χ2v) is 6.93. The first kappa shape index (κ1) is 19.5. The molecule has 30 heavy (non-hydrogen) atoms. The van der Waals surface area contributed by atoms with Crippen molar-refractivity contribution in [3.05, 3.63) is 77.0 Å². The van der Waals surface area contributed by atoms with Crippen LogP contribution in [0, 0.1) is 13.8 Å². The molecule has 0 saturated carbocycles. The number of carbonyl (C=O) groups excluding carboxylic acids is 1. The first-order valence-electron chi connectivity index (χ1n) is 9.73. The number of aryl methyl sites for hydroxylation is 2. The molecule has 8 nitrogen and oxygen atoms in total. The number of carbonyl (C=O) groups is 1. The lowest BCUT2D eigenvalue weighted by atomic mass is 10.1. The van der Waals surface area contributed by atoms with Gasteiger partial charge in [0.15, 0.2) is 11.6 Å². The molecular formula is C22H22N6O2. The molecule has 3 aromatic heterocycles. The zero-order valence-electron chi connectivity index (χ0n) is 17.1. The fraction of sp³-hybridized carbons (Fsp3) is 0.227. The molecule has 4 aromatic rings. The summed E-state index contributed by atoms with van der Waals surface area (Å²) in [6.45, 7) is 6.14. The highest BCUT2D eigenvalue weighted by Gasteiger charge is 2.20. The van der Waals surface area contributed by atoms with Crippen LogP contribution >= 0.6 is 0 Å². The molecule has 1 amide bonds. The summed E-state index contributed by atoms with van der Waals surface area (Å²) in [5.74, 6) is 1.22. The van der Waals surface area contributed by atoms with Crippen LogP contribution in [0.5, 0.6) is 0 Å². The molecule has 4 rings (SSSR count). The monoisotopic (exact) mass is 402 g/mol. The number of aromatic nitrogens is 5. The van der Waals surface area contributed by atoms with E-state index in [4.69, 9.17) is 4.52 Å². The van der Waals surface area contributed by atoms with Crippen molar-refractivity contribution in [3.8, 4) is 17.3 Å². The number of hydrogen-bond donors (Lipinski definition) is 1. The second-order valence-electron chi connectivity index (χ2n) is 6.93. The number of hydrogen-bond acceptors (Lipinski definition) is 6. The number of benzene rings is 1. The van der Waals surface area contributed by atoms with Crippen LogP contribution in [0.1, 0.15) is 39.9 Å². The van der Waals surface area contributed by atoms with Crippen molar-refractivity contribution in [1.29, 1.82) is 0 Å². The first-order valence-corrected chi connectivity index (χ1v) is 9.73. The molecule has 0 saturated heterocycles. The Labute approximate surface area is 174 Å². The van der Waals surface area contributed by atoms with E-state index in [-0.39, 0.29) is 5.91 Å². The lowest BCUT2D eigenvalue weighted by molar-refractivity contribution is 0.0950. The van der Waals surface area contributed by atoms with Gasteiger partial charge in [-0.3, -0.25) is 4.79 Å². The van der Waals surface area contributed by atoms with Crippen LogP contribution in [-0.4, -0.2) is 30.8 Å². The minimum atomic E-state index is -0.190. The smallest absolute Gasteiger partial charge is 0.261 e. The standard InChI is InChI=1S/C22H22N6O2/c1-4-16-7-9-17(10-8-16)12-24-21(29)19-13-25-28(14(19)2)20-18(6-5-11-23-20)22-26-15(3)27-30-22/h5-11,13H,4,12H2,1-3H3,(H,24,29). The van der Waals surface area contributed by atoms with E-state index in [9.17, 15) is 4.79 Å². The maximum Gasteiger partial charge on any atom is 0.261 e. The number of pyridine rings is 1. The van der Waals surface area contributed by atoms with Gasteiger partial charge in [0.1, 0.15) is 0 Å². The summed E-state index contributed by atoms with van der Waals surface area (Å²) in [4.78, 5) is 21.4. The highest BCUT2D eigenvalue weighted by molar-refractivity contribution is 5.95. The van der Waals surface area contributed by atoms with E-state index >= 15 is 0 Å². The van der Waals surface area contributed by atoms with Gasteiger partial charge >= 0.3 is 0 Å². The predicted octanol–water partition coefficient (Wildman–Crippen LogP) is 3.43. The number of nitrogens with one attached hydrogen (secondary N) is 1. The Balaban J connectivity index is 1.56. The van der Waals surface area contributed by atoms with Crippen LogP contribution in [0.25, 0.3) is 17.3 Å². The van der Waals surface area contributed by atoms with E-state index in [0.29, 0.717) is 40.9 Å². The molecule has 0 radical (unpaired) electrons. The first-order chi connectivity index (χ1) is 14.6. The molecule has 8 heteroatoms. The van der Waals surface area contributed by atoms with Gasteiger partial charge in [0, 0.05) is 12.7 Å². The number of amides is 1. The zero-order valence-corrected chi connectivity index (χ0v) is 17.1. The van der Waals surface area contributed by atoms with Crippen LogP contribution in [0.4, 0.5) is 0 Å². The molecule has 0 aliphatic heterocycles. The van der Waals surface area contributed by atoms with Gasteiger partial charge in [-0.1, -0.05) is 36.3 Å². The lowest BCUT2D eigenvalue weighted by Gasteiger charge is -2.08. The summed E-state index contributed by atoms with van der Waals surface area (Å²) in [5.41, 5.74) is 4.12. The predicted molar refractivity (Wildman–Crippen MR) is 111 cm³/mol. The summed E-state index contributed by atoms with van der Waals surface area (Å²) in [7, 11) is 0. The Morgan fingerprint density at radius 1 is 1.13 bits per heavy atom. The van der Waals surface area contributed by atoms with Crippen molar-refractivity contribution < 1.29 is 9.32 Å². The topological polar surface area (TPSA) is 98.7 Å². The third kappa shape index (κ3) is 3.84. The molecule has 0 aliphatic carbocycles. The van der Waals surface area contributed by atoms with E-state index in [0.717, 1.165) is 12.0 Å². The van der Waals surface area contributed by atoms with Gasteiger partial charge < -0.3 is 9.84 Å². The molecule has 0 aliphatic rings. The van der Waals surface area contributed by atoms with Gasteiger partial charge in [-0.15, -0.1) is 0 Å². The molecule has 0 spiro atoms. The second kappa shape index (κ2) is 8.28. The summed E-state index contributed by atoms with van der Waals surface area (Å²) < 4.78 is 6.90. The van der Waals surface area contributed by atoms with Crippen LogP contribution in [0.3, 0.4) is 0 Å². The molecule has 152 valence electrons. The minimum absolute atomic E-state index is 0.190. The van der Waals surface area contributed by atoms with Crippen LogP contribution in [-0.2, 0) is 13.0 Å². The van der Waals surface area contributed by atoms with Gasteiger partial charge in [-0.25, -0.2) is 9.67 Å². The highest BCUT2D eigenvalue weighted by atomic mass is 16.5. The van der Waals surface area contributed by atoms with Crippen molar-refractivity contribution in [2.45, 2.75) is 33.7 Å². The zero-order chi connectivity index (χ0) is 21.1. The Morgan fingerprint density at radius 2 is 1.90 bits per heavy atom. The average Bonchev–Trinajstić information content (AvgIpc) is 3.38. The van der Waals surface area contributed by atoms with Gasteiger partial charge in [-0.2, -0.15) is 10.1 Å². The summed E-state index contributed by atoms with van der Waals surface area (Å²) in [6.07, 6.45) is 4.19. The van der Waals surface area contributed by atoms with Crippen LogP contribution in [0.15, 0.2) is 53.3 Å². The normalized spacial score (nSPS) is 10.9. The van der Waals surface area contributed by atoms with Crippen molar-refractivity contribution in [2.24, 2.45) is 0 Å². The minimum Gasteiger partial charge on any atom is -0.348 e. The van der Waals surface area contributed by atoms with Gasteiger partial charge in [0.2, 0.25) is 0 Å². The van der Waals surface area contributed by atoms with Gasteiger partial charge in [-0.05, 0) is 43.5 Å². The molecule has 0 atom stereocenters. The van der Waals surface area contributed by atoms with Gasteiger partial charge in [0.05, 0.1) is 23.0 Å². The Bertz CT molecular complexity index is 1180. The Kier molecular flexibility index (Phi) is 5.38. The molecule has 3 heterocycles. The molecular weight excluding hydrogens is 380 g/mol. The number of nitrogens with zero attached hydrogens (tertiary/aromatic N) is 5. The fourth-order valence-corrected chi connectivity index (χ4v) is 3.16. The lowest BCUT2D eigenvalue weighted by Crippen LogP contribution is -2.23. The van der Waals surface area contributed by atoms with Gasteiger partial charge in [0.25, 0.3) is 11.8 Å². The summed E-state index contributed by atoms with van der Waals surface area (Å²) in [6, 6.07) is 11.8. The summed E-state index contributed by atoms with van der Waals surface area (Å²) >= 11 is 0. The largest absolute Gasteiger partial charge is 0.348 e. The maximum absolute atomic E-state index is 12.7. The molecule has 1 aromatic carbocycles. The van der Waals surface area contributed by atoms with Crippen molar-refractivity contribution in [2.75, 3.05) is 0 Å². The van der Waals surface area contributed by atoms with Crippen molar-refractivity contribution in [3.63, 3.8) is 0 Å². The van der Waals surface area contributed by atoms with Crippen LogP contribution in [0.2, 0.25) is 0 Å². The number of rotatable bonds is 6. The summed E-state index contributed by atoms with van der Waals surface area (Å²) in [5, 5.41) is 11.2. The van der Waals surface area contributed by atoms with E-state index < -0.39 is 0 Å².